The van der Waals surface area contributed by atoms with Crippen molar-refractivity contribution < 1.29 is 14.3 Å². The molecule has 0 heterocycles. The summed E-state index contributed by atoms with van der Waals surface area (Å²) in [4.78, 5) is 23.8. The van der Waals surface area contributed by atoms with Gasteiger partial charge in [0.1, 0.15) is 11.4 Å². The van der Waals surface area contributed by atoms with Crippen molar-refractivity contribution in [2.75, 3.05) is 0 Å². The molecule has 4 unspecified atom stereocenters. The van der Waals surface area contributed by atoms with Gasteiger partial charge in [-0.05, 0) is 44.4 Å². The summed E-state index contributed by atoms with van der Waals surface area (Å²) in [6.07, 6.45) is 11.1. The number of esters is 1. The van der Waals surface area contributed by atoms with E-state index in [1.165, 1.54) is 6.92 Å². The number of ether oxygens (including phenoxy) is 1. The van der Waals surface area contributed by atoms with Gasteiger partial charge in [0, 0.05) is 19.3 Å². The number of hydrogen-bond donors (Lipinski definition) is 0. The van der Waals surface area contributed by atoms with Crippen molar-refractivity contribution in [2.45, 2.75) is 57.5 Å². The molecule has 0 amide bonds. The summed E-state index contributed by atoms with van der Waals surface area (Å²) in [6.45, 7) is 1.47. The molecule has 19 heavy (non-hydrogen) atoms. The molecule has 3 nitrogen and oxygen atoms in total. The van der Waals surface area contributed by atoms with Gasteiger partial charge in [-0.1, -0.05) is 12.2 Å². The van der Waals surface area contributed by atoms with Crippen LogP contribution in [-0.4, -0.2) is 17.4 Å². The van der Waals surface area contributed by atoms with Crippen LogP contribution in [0, 0.1) is 17.8 Å². The van der Waals surface area contributed by atoms with Crippen LogP contribution < -0.4 is 0 Å². The minimum absolute atomic E-state index is 0.0124. The average molecular weight is 262 g/mol. The summed E-state index contributed by atoms with van der Waals surface area (Å²) in [7, 11) is 0. The van der Waals surface area contributed by atoms with Crippen molar-refractivity contribution in [3.8, 4) is 0 Å². The normalized spacial score (nSPS) is 43.0. The van der Waals surface area contributed by atoms with Crippen molar-refractivity contribution in [3.63, 3.8) is 0 Å². The SMILES string of the molecule is CC(=O)OC12CCCC(=O)C1C1CC/C=C\CCC12. The Labute approximate surface area is 114 Å². The van der Waals surface area contributed by atoms with E-state index in [2.05, 4.69) is 12.2 Å². The Bertz CT molecular complexity index is 426. The molecule has 0 aromatic rings. The second-order valence-electron chi connectivity index (χ2n) is 6.24. The lowest BCUT2D eigenvalue weighted by atomic mass is 9.46. The first-order valence-corrected chi connectivity index (χ1v) is 7.52. The number of allylic oxidation sites excluding steroid dienone is 2. The van der Waals surface area contributed by atoms with E-state index >= 15 is 0 Å². The largest absolute Gasteiger partial charge is 0.458 e. The number of hydrogen-bond acceptors (Lipinski definition) is 3. The van der Waals surface area contributed by atoms with Gasteiger partial charge in [-0.25, -0.2) is 0 Å². The maximum atomic E-state index is 12.3. The van der Waals surface area contributed by atoms with Gasteiger partial charge in [0.05, 0.1) is 5.92 Å². The minimum atomic E-state index is -0.447. The van der Waals surface area contributed by atoms with Gasteiger partial charge in [-0.3, -0.25) is 9.59 Å². The zero-order chi connectivity index (χ0) is 13.5. The Balaban J connectivity index is 1.90. The Hall–Kier alpha value is -1.12. The zero-order valence-electron chi connectivity index (χ0n) is 11.6. The van der Waals surface area contributed by atoms with Crippen LogP contribution in [0.25, 0.3) is 0 Å². The van der Waals surface area contributed by atoms with Crippen molar-refractivity contribution >= 4 is 11.8 Å². The third-order valence-corrected chi connectivity index (χ3v) is 5.25. The van der Waals surface area contributed by atoms with Crippen LogP contribution in [0.15, 0.2) is 12.2 Å². The number of Topliss-reactive ketones (excluding diaryl/α,β-unsaturated/α-hetero) is 1. The third-order valence-electron chi connectivity index (χ3n) is 5.25. The van der Waals surface area contributed by atoms with Gasteiger partial charge >= 0.3 is 5.97 Å². The van der Waals surface area contributed by atoms with E-state index in [0.29, 0.717) is 24.0 Å². The number of carbonyl (C=O) groups excluding carboxylic acids is 2. The van der Waals surface area contributed by atoms with Gasteiger partial charge in [-0.15, -0.1) is 0 Å². The molecule has 2 saturated carbocycles. The van der Waals surface area contributed by atoms with Crippen molar-refractivity contribution in [1.29, 1.82) is 0 Å². The summed E-state index contributed by atoms with van der Waals surface area (Å²) < 4.78 is 5.73. The molecule has 4 atom stereocenters. The lowest BCUT2D eigenvalue weighted by Crippen LogP contribution is -2.68. The van der Waals surface area contributed by atoms with Crippen LogP contribution in [0.1, 0.15) is 51.9 Å². The fourth-order valence-corrected chi connectivity index (χ4v) is 4.70. The third kappa shape index (κ3) is 1.94. The number of rotatable bonds is 1. The molecule has 0 bridgehead atoms. The Kier molecular flexibility index (Phi) is 3.23. The monoisotopic (exact) mass is 262 g/mol. The lowest BCUT2D eigenvalue weighted by Gasteiger charge is -2.62. The van der Waals surface area contributed by atoms with Crippen LogP contribution in [0.5, 0.6) is 0 Å². The predicted octanol–water partition coefficient (Wildman–Crippen LogP) is 3.03. The molecule has 0 aromatic carbocycles. The summed E-state index contributed by atoms with van der Waals surface area (Å²) in [5.74, 6) is 0.934. The zero-order valence-corrected chi connectivity index (χ0v) is 11.6. The van der Waals surface area contributed by atoms with E-state index in [4.69, 9.17) is 4.74 Å². The Morgan fingerprint density at radius 1 is 1.32 bits per heavy atom. The molecule has 0 saturated heterocycles. The number of carbonyl (C=O) groups is 2. The molecule has 3 aliphatic carbocycles. The summed E-state index contributed by atoms with van der Waals surface area (Å²) in [5, 5.41) is 0. The highest BCUT2D eigenvalue weighted by molar-refractivity contribution is 5.85. The highest BCUT2D eigenvalue weighted by atomic mass is 16.6. The Morgan fingerprint density at radius 3 is 2.79 bits per heavy atom. The molecule has 0 spiro atoms. The summed E-state index contributed by atoms with van der Waals surface area (Å²) in [6, 6.07) is 0. The molecule has 0 aliphatic heterocycles. The maximum absolute atomic E-state index is 12.3. The highest BCUT2D eigenvalue weighted by Gasteiger charge is 2.66. The van der Waals surface area contributed by atoms with Crippen LogP contribution in [-0.2, 0) is 14.3 Å². The van der Waals surface area contributed by atoms with Crippen molar-refractivity contribution in [3.05, 3.63) is 12.2 Å². The standard InChI is InChI=1S/C16H22O3/c1-11(17)19-16-10-6-9-14(18)15(16)12-7-4-2-3-5-8-13(12)16/h2-3,12-13,15H,4-10H2,1H3/b3-2-. The topological polar surface area (TPSA) is 43.4 Å². The molecule has 3 rings (SSSR count). The fourth-order valence-electron chi connectivity index (χ4n) is 4.70. The van der Waals surface area contributed by atoms with Gasteiger partial charge in [0.15, 0.2) is 0 Å². The highest BCUT2D eigenvalue weighted by Crippen LogP contribution is 2.60. The smallest absolute Gasteiger partial charge is 0.303 e. The minimum Gasteiger partial charge on any atom is -0.458 e. The van der Waals surface area contributed by atoms with Crippen molar-refractivity contribution in [1.82, 2.24) is 0 Å². The summed E-state index contributed by atoms with van der Waals surface area (Å²) >= 11 is 0. The first-order valence-electron chi connectivity index (χ1n) is 7.52. The summed E-state index contributed by atoms with van der Waals surface area (Å²) in [5.41, 5.74) is -0.447. The first kappa shape index (κ1) is 12.9. The fraction of sp³-hybridized carbons (Fsp3) is 0.750. The molecular weight excluding hydrogens is 240 g/mol. The van der Waals surface area contributed by atoms with Crippen LogP contribution >= 0.6 is 0 Å². The number of fused-ring (bicyclic) bond motifs is 4. The molecular formula is C16H22O3. The van der Waals surface area contributed by atoms with E-state index in [1.807, 2.05) is 0 Å². The second-order valence-corrected chi connectivity index (χ2v) is 6.24. The van der Waals surface area contributed by atoms with Gasteiger partial charge < -0.3 is 4.74 Å². The molecule has 0 aromatic heterocycles. The molecule has 3 heteroatoms. The van der Waals surface area contributed by atoms with E-state index in [9.17, 15) is 9.59 Å². The molecule has 0 N–H and O–H groups in total. The second kappa shape index (κ2) is 4.77. The van der Waals surface area contributed by atoms with E-state index in [1.54, 1.807) is 0 Å². The average Bonchev–Trinajstić information content (AvgIpc) is 2.30. The van der Waals surface area contributed by atoms with Crippen LogP contribution in [0.3, 0.4) is 0 Å². The lowest BCUT2D eigenvalue weighted by molar-refractivity contribution is -0.234. The van der Waals surface area contributed by atoms with E-state index < -0.39 is 5.60 Å². The number of ketones is 1. The molecule has 3 aliphatic rings. The first-order chi connectivity index (χ1) is 9.15. The quantitative estimate of drug-likeness (QED) is 0.539. The predicted molar refractivity (Wildman–Crippen MR) is 71.4 cm³/mol. The molecule has 104 valence electrons. The van der Waals surface area contributed by atoms with E-state index in [0.717, 1.165) is 38.5 Å². The van der Waals surface area contributed by atoms with Gasteiger partial charge in [0.2, 0.25) is 0 Å². The van der Waals surface area contributed by atoms with Crippen LogP contribution in [0.4, 0.5) is 0 Å². The van der Waals surface area contributed by atoms with Gasteiger partial charge in [0.25, 0.3) is 0 Å². The van der Waals surface area contributed by atoms with E-state index in [-0.39, 0.29) is 11.9 Å². The van der Waals surface area contributed by atoms with Gasteiger partial charge in [-0.2, -0.15) is 0 Å². The maximum Gasteiger partial charge on any atom is 0.303 e. The van der Waals surface area contributed by atoms with Crippen molar-refractivity contribution in [2.24, 2.45) is 17.8 Å². The Morgan fingerprint density at radius 2 is 2.05 bits per heavy atom. The molecule has 2 fully saturated rings. The van der Waals surface area contributed by atoms with Crippen LogP contribution in [0.2, 0.25) is 0 Å². The molecule has 0 radical (unpaired) electrons.